The highest BCUT2D eigenvalue weighted by Crippen LogP contribution is 2.36. The van der Waals surface area contributed by atoms with Crippen molar-refractivity contribution >= 4 is 5.95 Å². The van der Waals surface area contributed by atoms with Gasteiger partial charge in [-0.25, -0.2) is 9.97 Å². The van der Waals surface area contributed by atoms with Crippen molar-refractivity contribution < 1.29 is 4.74 Å². The Morgan fingerprint density at radius 1 is 1.21 bits per heavy atom. The number of likely N-dealkylation sites (tertiary alicyclic amines) is 1. The van der Waals surface area contributed by atoms with Crippen molar-refractivity contribution in [3.63, 3.8) is 0 Å². The van der Waals surface area contributed by atoms with Gasteiger partial charge in [0.25, 0.3) is 0 Å². The van der Waals surface area contributed by atoms with E-state index in [0.717, 1.165) is 39.2 Å². The molecule has 2 aliphatic heterocycles. The molecule has 6 nitrogen and oxygen atoms in total. The first-order valence-corrected chi connectivity index (χ1v) is 8.57. The Morgan fingerprint density at radius 2 is 2.08 bits per heavy atom. The van der Waals surface area contributed by atoms with Gasteiger partial charge in [0, 0.05) is 51.0 Å². The molecule has 0 bridgehead atoms. The van der Waals surface area contributed by atoms with E-state index in [-0.39, 0.29) is 5.60 Å². The van der Waals surface area contributed by atoms with E-state index in [2.05, 4.69) is 31.2 Å². The Morgan fingerprint density at radius 3 is 2.79 bits per heavy atom. The van der Waals surface area contributed by atoms with Gasteiger partial charge in [-0.2, -0.15) is 0 Å². The van der Waals surface area contributed by atoms with Crippen LogP contribution in [0.1, 0.15) is 18.4 Å². The molecule has 2 fully saturated rings. The molecule has 0 aliphatic carbocycles. The molecule has 2 aromatic heterocycles. The molecule has 1 atom stereocenters. The lowest BCUT2D eigenvalue weighted by atomic mass is 9.82. The molecule has 0 aromatic carbocycles. The highest BCUT2D eigenvalue weighted by Gasteiger charge is 2.46. The van der Waals surface area contributed by atoms with Gasteiger partial charge in [0.1, 0.15) is 0 Å². The summed E-state index contributed by atoms with van der Waals surface area (Å²) in [6, 6.07) is 5.95. The van der Waals surface area contributed by atoms with E-state index in [1.165, 1.54) is 12.0 Å². The van der Waals surface area contributed by atoms with Crippen molar-refractivity contribution in [3.8, 4) is 0 Å². The highest BCUT2D eigenvalue weighted by atomic mass is 16.5. The fourth-order valence-electron chi connectivity index (χ4n) is 3.58. The Bertz CT molecular complexity index is 635. The van der Waals surface area contributed by atoms with Crippen molar-refractivity contribution in [2.45, 2.75) is 25.0 Å². The van der Waals surface area contributed by atoms with Gasteiger partial charge in [0.15, 0.2) is 0 Å². The molecule has 0 radical (unpaired) electrons. The molecule has 2 aromatic rings. The number of hydrogen-bond donors (Lipinski definition) is 1. The number of aromatic nitrogens is 3. The largest absolute Gasteiger partial charge is 0.372 e. The van der Waals surface area contributed by atoms with Gasteiger partial charge >= 0.3 is 0 Å². The summed E-state index contributed by atoms with van der Waals surface area (Å²) in [5, 5.41) is 3.30. The summed E-state index contributed by atoms with van der Waals surface area (Å²) >= 11 is 0. The lowest BCUT2D eigenvalue weighted by molar-refractivity contribution is -0.180. The molecule has 4 rings (SSSR count). The van der Waals surface area contributed by atoms with Crippen LogP contribution in [0.5, 0.6) is 0 Å². The van der Waals surface area contributed by atoms with Crippen LogP contribution >= 0.6 is 0 Å². The quantitative estimate of drug-likeness (QED) is 0.907. The Balaban J connectivity index is 1.20. The predicted molar refractivity (Wildman–Crippen MR) is 91.4 cm³/mol. The zero-order chi connectivity index (χ0) is 16.2. The Kier molecular flexibility index (Phi) is 4.40. The average Bonchev–Trinajstić information content (AvgIpc) is 2.62. The first kappa shape index (κ1) is 15.5. The van der Waals surface area contributed by atoms with Crippen LogP contribution in [0.4, 0.5) is 5.95 Å². The van der Waals surface area contributed by atoms with Crippen LogP contribution in [0.3, 0.4) is 0 Å². The Labute approximate surface area is 142 Å². The van der Waals surface area contributed by atoms with Crippen LogP contribution in [0.25, 0.3) is 0 Å². The maximum atomic E-state index is 6.23. The minimum atomic E-state index is 0.0853. The molecule has 24 heavy (non-hydrogen) atoms. The van der Waals surface area contributed by atoms with E-state index in [9.17, 15) is 0 Å². The van der Waals surface area contributed by atoms with Crippen molar-refractivity contribution in [2.24, 2.45) is 5.92 Å². The Hall–Kier alpha value is -2.05. The van der Waals surface area contributed by atoms with Gasteiger partial charge in [0.2, 0.25) is 5.95 Å². The van der Waals surface area contributed by atoms with E-state index >= 15 is 0 Å². The molecule has 126 valence electrons. The van der Waals surface area contributed by atoms with E-state index in [1.54, 1.807) is 12.4 Å². The summed E-state index contributed by atoms with van der Waals surface area (Å²) in [6.45, 7) is 4.73. The summed E-state index contributed by atoms with van der Waals surface area (Å²) in [5.74, 6) is 1.23. The van der Waals surface area contributed by atoms with Gasteiger partial charge in [0.05, 0.1) is 12.2 Å². The SMILES string of the molecule is c1cnc(NCC2CCC3(CN(Cc4cccnc4)C3)OC2)nc1. The van der Waals surface area contributed by atoms with Crippen LogP contribution < -0.4 is 5.32 Å². The van der Waals surface area contributed by atoms with E-state index in [1.807, 2.05) is 24.5 Å². The number of pyridine rings is 1. The fraction of sp³-hybridized carbons (Fsp3) is 0.500. The van der Waals surface area contributed by atoms with Gasteiger partial charge in [-0.05, 0) is 36.5 Å². The van der Waals surface area contributed by atoms with Gasteiger partial charge < -0.3 is 10.1 Å². The highest BCUT2D eigenvalue weighted by molar-refractivity contribution is 5.22. The number of ether oxygens (including phenoxy) is 1. The van der Waals surface area contributed by atoms with Crippen LogP contribution in [0.2, 0.25) is 0 Å². The summed E-state index contributed by atoms with van der Waals surface area (Å²) < 4.78 is 6.23. The molecule has 1 spiro atoms. The summed E-state index contributed by atoms with van der Waals surface area (Å²) in [5.41, 5.74) is 1.36. The number of nitrogens with one attached hydrogen (secondary N) is 1. The molecule has 0 amide bonds. The third kappa shape index (κ3) is 3.55. The minimum Gasteiger partial charge on any atom is -0.372 e. The molecule has 4 heterocycles. The monoisotopic (exact) mass is 325 g/mol. The molecule has 2 saturated heterocycles. The van der Waals surface area contributed by atoms with Crippen molar-refractivity contribution in [1.82, 2.24) is 19.9 Å². The maximum absolute atomic E-state index is 6.23. The van der Waals surface area contributed by atoms with E-state index in [0.29, 0.717) is 11.9 Å². The summed E-state index contributed by atoms with van der Waals surface area (Å²) in [7, 11) is 0. The van der Waals surface area contributed by atoms with E-state index in [4.69, 9.17) is 4.74 Å². The zero-order valence-corrected chi connectivity index (χ0v) is 13.8. The summed E-state index contributed by atoms with van der Waals surface area (Å²) in [4.78, 5) is 15.0. The standard InChI is InChI=1S/C18H23N5O/c1-3-15(9-19-6-1)11-23-13-18(14-23)5-4-16(12-24-18)10-22-17-20-7-2-8-21-17/h1-3,6-9,16H,4-5,10-14H2,(H,20,21,22). The second-order valence-corrected chi connectivity index (χ2v) is 6.86. The van der Waals surface area contributed by atoms with Crippen molar-refractivity contribution in [2.75, 3.05) is 31.6 Å². The van der Waals surface area contributed by atoms with Gasteiger partial charge in [-0.15, -0.1) is 0 Å². The first-order valence-electron chi connectivity index (χ1n) is 8.57. The van der Waals surface area contributed by atoms with Gasteiger partial charge in [-0.3, -0.25) is 9.88 Å². The molecule has 1 N–H and O–H groups in total. The fourth-order valence-corrected chi connectivity index (χ4v) is 3.58. The number of nitrogens with zero attached hydrogens (tertiary/aromatic N) is 4. The lowest BCUT2D eigenvalue weighted by Gasteiger charge is -2.53. The molecular weight excluding hydrogens is 302 g/mol. The predicted octanol–water partition coefficient (Wildman–Crippen LogP) is 1.96. The van der Waals surface area contributed by atoms with Crippen molar-refractivity contribution in [1.29, 1.82) is 0 Å². The minimum absolute atomic E-state index is 0.0853. The molecule has 6 heteroatoms. The van der Waals surface area contributed by atoms with E-state index < -0.39 is 0 Å². The average molecular weight is 325 g/mol. The third-order valence-corrected chi connectivity index (χ3v) is 4.90. The molecule has 2 aliphatic rings. The second kappa shape index (κ2) is 6.83. The number of hydrogen-bond acceptors (Lipinski definition) is 6. The molecule has 1 unspecified atom stereocenters. The van der Waals surface area contributed by atoms with Crippen LogP contribution in [0.15, 0.2) is 43.0 Å². The second-order valence-electron chi connectivity index (χ2n) is 6.86. The smallest absolute Gasteiger partial charge is 0.222 e. The topological polar surface area (TPSA) is 63.2 Å². The lowest BCUT2D eigenvalue weighted by Crippen LogP contribution is -2.64. The van der Waals surface area contributed by atoms with Crippen LogP contribution in [-0.2, 0) is 11.3 Å². The molecular formula is C18H23N5O. The third-order valence-electron chi connectivity index (χ3n) is 4.90. The number of rotatable bonds is 5. The summed E-state index contributed by atoms with van der Waals surface area (Å²) in [6.07, 6.45) is 9.61. The molecule has 0 saturated carbocycles. The van der Waals surface area contributed by atoms with Gasteiger partial charge in [-0.1, -0.05) is 6.07 Å². The normalized spacial score (nSPS) is 22.9. The maximum Gasteiger partial charge on any atom is 0.222 e. The number of anilines is 1. The zero-order valence-electron chi connectivity index (χ0n) is 13.8. The van der Waals surface area contributed by atoms with Crippen LogP contribution in [-0.4, -0.2) is 51.7 Å². The first-order chi connectivity index (χ1) is 11.8. The van der Waals surface area contributed by atoms with Crippen molar-refractivity contribution in [3.05, 3.63) is 48.5 Å². The van der Waals surface area contributed by atoms with Crippen LogP contribution in [0, 0.1) is 5.92 Å².